The van der Waals surface area contributed by atoms with Crippen LogP contribution >= 0.6 is 0 Å². The number of aliphatic hydroxyl groups is 1. The fourth-order valence-electron chi connectivity index (χ4n) is 1.71. The predicted molar refractivity (Wildman–Crippen MR) is 65.8 cm³/mol. The highest BCUT2D eigenvalue weighted by molar-refractivity contribution is 5.30. The fourth-order valence-corrected chi connectivity index (χ4v) is 1.71. The first-order valence-electron chi connectivity index (χ1n) is 5.98. The lowest BCUT2D eigenvalue weighted by Crippen LogP contribution is -2.33. The Balaban J connectivity index is 2.70. The highest BCUT2D eigenvalue weighted by Crippen LogP contribution is 2.21. The Kier molecular flexibility index (Phi) is 6.01. The van der Waals surface area contributed by atoms with Crippen LogP contribution in [0.2, 0.25) is 0 Å². The normalized spacial score (nSPS) is 14.6. The SMILES string of the molecule is CC[C@H](CO)NC(C)c1cccc(OC(F)F)c1. The summed E-state index contributed by atoms with van der Waals surface area (Å²) in [6, 6.07) is 6.54. The second kappa shape index (κ2) is 7.28. The molecule has 0 amide bonds. The molecule has 2 N–H and O–H groups in total. The summed E-state index contributed by atoms with van der Waals surface area (Å²) in [5.74, 6) is 0.146. The van der Waals surface area contributed by atoms with Gasteiger partial charge in [0, 0.05) is 12.1 Å². The van der Waals surface area contributed by atoms with Gasteiger partial charge in [-0.25, -0.2) is 0 Å². The van der Waals surface area contributed by atoms with Crippen molar-refractivity contribution in [3.63, 3.8) is 0 Å². The Morgan fingerprint density at radius 2 is 2.11 bits per heavy atom. The molecule has 1 unspecified atom stereocenters. The maximum atomic E-state index is 12.1. The summed E-state index contributed by atoms with van der Waals surface area (Å²) >= 11 is 0. The molecule has 0 heterocycles. The van der Waals surface area contributed by atoms with Crippen LogP contribution in [0.25, 0.3) is 0 Å². The average Bonchev–Trinajstić information content (AvgIpc) is 2.35. The molecule has 1 rings (SSSR count). The third-order valence-corrected chi connectivity index (χ3v) is 2.78. The third-order valence-electron chi connectivity index (χ3n) is 2.78. The van der Waals surface area contributed by atoms with Crippen LogP contribution in [0.3, 0.4) is 0 Å². The van der Waals surface area contributed by atoms with E-state index in [1.807, 2.05) is 19.9 Å². The van der Waals surface area contributed by atoms with Gasteiger partial charge in [-0.15, -0.1) is 0 Å². The van der Waals surface area contributed by atoms with Crippen molar-refractivity contribution in [3.8, 4) is 5.75 Å². The molecule has 0 aromatic heterocycles. The number of alkyl halides is 2. The van der Waals surface area contributed by atoms with E-state index in [0.717, 1.165) is 12.0 Å². The van der Waals surface area contributed by atoms with Crippen molar-refractivity contribution in [1.82, 2.24) is 5.32 Å². The van der Waals surface area contributed by atoms with Crippen molar-refractivity contribution in [2.75, 3.05) is 6.61 Å². The van der Waals surface area contributed by atoms with Gasteiger partial charge in [-0.3, -0.25) is 0 Å². The molecule has 0 aliphatic heterocycles. The monoisotopic (exact) mass is 259 g/mol. The Bertz CT molecular complexity index is 357. The van der Waals surface area contributed by atoms with E-state index >= 15 is 0 Å². The lowest BCUT2D eigenvalue weighted by Gasteiger charge is -2.21. The summed E-state index contributed by atoms with van der Waals surface area (Å²) in [6.07, 6.45) is 0.800. The van der Waals surface area contributed by atoms with Gasteiger partial charge in [-0.2, -0.15) is 8.78 Å². The molecule has 0 radical (unpaired) electrons. The van der Waals surface area contributed by atoms with Crippen LogP contribution in [-0.4, -0.2) is 24.4 Å². The molecule has 18 heavy (non-hydrogen) atoms. The quantitative estimate of drug-likeness (QED) is 0.791. The van der Waals surface area contributed by atoms with Crippen molar-refractivity contribution in [3.05, 3.63) is 29.8 Å². The van der Waals surface area contributed by atoms with Crippen LogP contribution in [0.5, 0.6) is 5.75 Å². The van der Waals surface area contributed by atoms with Gasteiger partial charge in [0.25, 0.3) is 0 Å². The summed E-state index contributed by atoms with van der Waals surface area (Å²) in [5, 5.41) is 12.3. The second-order valence-electron chi connectivity index (χ2n) is 4.13. The van der Waals surface area contributed by atoms with Crippen molar-refractivity contribution in [2.24, 2.45) is 0 Å². The van der Waals surface area contributed by atoms with E-state index in [9.17, 15) is 8.78 Å². The second-order valence-corrected chi connectivity index (χ2v) is 4.13. The van der Waals surface area contributed by atoms with Crippen LogP contribution in [0, 0.1) is 0 Å². The van der Waals surface area contributed by atoms with Gasteiger partial charge < -0.3 is 15.2 Å². The maximum absolute atomic E-state index is 12.1. The molecular formula is C13H19F2NO2. The first kappa shape index (κ1) is 14.9. The van der Waals surface area contributed by atoms with E-state index in [2.05, 4.69) is 10.1 Å². The first-order valence-corrected chi connectivity index (χ1v) is 5.98. The molecule has 0 saturated carbocycles. The van der Waals surface area contributed by atoms with Crippen LogP contribution in [0.1, 0.15) is 31.9 Å². The summed E-state index contributed by atoms with van der Waals surface area (Å²) in [5.41, 5.74) is 0.847. The van der Waals surface area contributed by atoms with Crippen molar-refractivity contribution < 1.29 is 18.6 Å². The Hall–Kier alpha value is -1.20. The number of benzene rings is 1. The van der Waals surface area contributed by atoms with E-state index in [1.165, 1.54) is 6.07 Å². The number of nitrogens with one attached hydrogen (secondary N) is 1. The van der Waals surface area contributed by atoms with Crippen molar-refractivity contribution in [1.29, 1.82) is 0 Å². The van der Waals surface area contributed by atoms with E-state index in [1.54, 1.807) is 12.1 Å². The zero-order valence-corrected chi connectivity index (χ0v) is 10.6. The molecule has 1 aromatic rings. The smallest absolute Gasteiger partial charge is 0.387 e. The number of hydrogen-bond donors (Lipinski definition) is 2. The van der Waals surface area contributed by atoms with E-state index in [4.69, 9.17) is 5.11 Å². The van der Waals surface area contributed by atoms with Gasteiger partial charge in [-0.1, -0.05) is 19.1 Å². The Labute approximate surface area is 106 Å². The molecule has 0 fully saturated rings. The Morgan fingerprint density at radius 3 is 2.67 bits per heavy atom. The van der Waals surface area contributed by atoms with Crippen molar-refractivity contribution >= 4 is 0 Å². The zero-order chi connectivity index (χ0) is 13.5. The zero-order valence-electron chi connectivity index (χ0n) is 10.6. The minimum absolute atomic E-state index is 0.000303. The molecule has 102 valence electrons. The number of ether oxygens (including phenoxy) is 1. The van der Waals surface area contributed by atoms with Crippen LogP contribution in [0.15, 0.2) is 24.3 Å². The van der Waals surface area contributed by atoms with Gasteiger partial charge in [-0.05, 0) is 31.0 Å². The van der Waals surface area contributed by atoms with Gasteiger partial charge in [0.05, 0.1) is 6.61 Å². The van der Waals surface area contributed by atoms with Crippen LogP contribution < -0.4 is 10.1 Å². The fraction of sp³-hybridized carbons (Fsp3) is 0.538. The van der Waals surface area contributed by atoms with E-state index in [0.29, 0.717) is 0 Å². The summed E-state index contributed by atoms with van der Waals surface area (Å²) < 4.78 is 28.6. The minimum atomic E-state index is -2.82. The lowest BCUT2D eigenvalue weighted by atomic mass is 10.1. The van der Waals surface area contributed by atoms with Crippen molar-refractivity contribution in [2.45, 2.75) is 39.0 Å². The molecule has 0 spiro atoms. The molecule has 3 nitrogen and oxygen atoms in total. The maximum Gasteiger partial charge on any atom is 0.387 e. The van der Waals surface area contributed by atoms with E-state index in [-0.39, 0.29) is 24.4 Å². The van der Waals surface area contributed by atoms with Gasteiger partial charge in [0.1, 0.15) is 5.75 Å². The molecule has 0 bridgehead atoms. The molecule has 0 aliphatic carbocycles. The summed E-state index contributed by atoms with van der Waals surface area (Å²) in [6.45, 7) is 1.12. The lowest BCUT2D eigenvalue weighted by molar-refractivity contribution is -0.0499. The largest absolute Gasteiger partial charge is 0.435 e. The molecule has 0 aliphatic rings. The van der Waals surface area contributed by atoms with Gasteiger partial charge in [0.15, 0.2) is 0 Å². The highest BCUT2D eigenvalue weighted by Gasteiger charge is 2.12. The first-order chi connectivity index (χ1) is 8.56. The molecule has 0 saturated heterocycles. The highest BCUT2D eigenvalue weighted by atomic mass is 19.3. The molecular weight excluding hydrogens is 240 g/mol. The standard InChI is InChI=1S/C13H19F2NO2/c1-3-11(8-17)16-9(2)10-5-4-6-12(7-10)18-13(14)15/h4-7,9,11,13,16-17H,3,8H2,1-2H3/t9?,11-/m1/s1. The summed E-state index contributed by atoms with van der Waals surface area (Å²) in [4.78, 5) is 0. The third kappa shape index (κ3) is 4.58. The van der Waals surface area contributed by atoms with Crippen LogP contribution in [0.4, 0.5) is 8.78 Å². The molecule has 5 heteroatoms. The minimum Gasteiger partial charge on any atom is -0.435 e. The molecule has 1 aromatic carbocycles. The van der Waals surface area contributed by atoms with Gasteiger partial charge in [0.2, 0.25) is 0 Å². The topological polar surface area (TPSA) is 41.5 Å². The number of aliphatic hydroxyl groups excluding tert-OH is 1. The number of rotatable bonds is 7. The number of hydrogen-bond acceptors (Lipinski definition) is 3. The molecule has 2 atom stereocenters. The van der Waals surface area contributed by atoms with Gasteiger partial charge >= 0.3 is 6.61 Å². The predicted octanol–water partition coefficient (Wildman–Crippen LogP) is 2.71. The number of halogens is 2. The van der Waals surface area contributed by atoms with E-state index < -0.39 is 6.61 Å². The van der Waals surface area contributed by atoms with Crippen LogP contribution in [-0.2, 0) is 0 Å². The summed E-state index contributed by atoms with van der Waals surface area (Å²) in [7, 11) is 0. The average molecular weight is 259 g/mol. The Morgan fingerprint density at radius 1 is 1.39 bits per heavy atom.